The van der Waals surface area contributed by atoms with E-state index in [0.717, 1.165) is 44.1 Å². The molecule has 2 heterocycles. The van der Waals surface area contributed by atoms with Crippen LogP contribution in [0.2, 0.25) is 0 Å². The van der Waals surface area contributed by atoms with E-state index in [0.29, 0.717) is 5.76 Å². The Kier molecular flexibility index (Phi) is 3.06. The fourth-order valence-electron chi connectivity index (χ4n) is 4.47. The molecular weight excluding hydrogens is 252 g/mol. The number of nitrogens with zero attached hydrogens (tertiary/aromatic N) is 2. The van der Waals surface area contributed by atoms with Crippen molar-refractivity contribution in [2.75, 3.05) is 26.2 Å². The number of carbonyl (C=O) groups excluding carboxylic acids is 1. The molecule has 0 spiro atoms. The molecule has 1 saturated heterocycles. The van der Waals surface area contributed by atoms with Crippen LogP contribution >= 0.6 is 0 Å². The summed E-state index contributed by atoms with van der Waals surface area (Å²) in [6, 6.07) is 4.33. The molecule has 1 amide bonds. The van der Waals surface area contributed by atoms with Gasteiger partial charge in [-0.05, 0) is 43.2 Å². The van der Waals surface area contributed by atoms with Crippen LogP contribution in [-0.2, 0) is 0 Å². The number of hydrogen-bond acceptors (Lipinski definition) is 3. The van der Waals surface area contributed by atoms with Gasteiger partial charge in [0.15, 0.2) is 5.76 Å². The zero-order valence-electron chi connectivity index (χ0n) is 11.8. The maximum atomic E-state index is 12.2. The van der Waals surface area contributed by atoms with Crippen LogP contribution in [0, 0.1) is 11.8 Å². The van der Waals surface area contributed by atoms with E-state index < -0.39 is 0 Å². The van der Waals surface area contributed by atoms with Gasteiger partial charge in [0.1, 0.15) is 0 Å². The second-order valence-electron chi connectivity index (χ2n) is 6.55. The summed E-state index contributed by atoms with van der Waals surface area (Å²) in [6.07, 6.45) is 7.31. The van der Waals surface area contributed by atoms with E-state index in [1.165, 1.54) is 25.7 Å². The molecule has 108 valence electrons. The Morgan fingerprint density at radius 1 is 1.15 bits per heavy atom. The molecule has 1 aromatic heterocycles. The first-order valence-corrected chi connectivity index (χ1v) is 7.88. The minimum atomic E-state index is 0.0441. The van der Waals surface area contributed by atoms with Crippen molar-refractivity contribution in [2.24, 2.45) is 11.8 Å². The number of fused-ring (bicyclic) bond motifs is 2. The predicted molar refractivity (Wildman–Crippen MR) is 75.4 cm³/mol. The van der Waals surface area contributed by atoms with Gasteiger partial charge in [-0.15, -0.1) is 0 Å². The molecule has 3 fully saturated rings. The Morgan fingerprint density at radius 3 is 2.60 bits per heavy atom. The molecular formula is C16H22N2O2. The summed E-state index contributed by atoms with van der Waals surface area (Å²) in [6.45, 7) is 3.74. The SMILES string of the molecule is O=C(c1ccco1)N1CCN([C@@H]2C[C@H]3CC[C@@H]2C3)CC1. The lowest BCUT2D eigenvalue weighted by Gasteiger charge is -2.40. The highest BCUT2D eigenvalue weighted by molar-refractivity contribution is 5.91. The summed E-state index contributed by atoms with van der Waals surface area (Å²) in [5.74, 6) is 2.45. The standard InChI is InChI=1S/C16H22N2O2/c19-16(15-2-1-9-20-15)18-7-5-17(6-8-18)14-11-12-3-4-13(14)10-12/h1-2,9,12-14H,3-8,10-11H2/t12-,13+,14+/m0/s1. The number of amides is 1. The Bertz CT molecular complexity index is 477. The second kappa shape index (κ2) is 4.92. The lowest BCUT2D eigenvalue weighted by atomic mass is 9.93. The van der Waals surface area contributed by atoms with Crippen LogP contribution in [0.1, 0.15) is 36.2 Å². The smallest absolute Gasteiger partial charge is 0.289 e. The van der Waals surface area contributed by atoms with Crippen molar-refractivity contribution in [3.8, 4) is 0 Å². The van der Waals surface area contributed by atoms with Gasteiger partial charge in [0.2, 0.25) is 0 Å². The van der Waals surface area contributed by atoms with Crippen LogP contribution in [0.4, 0.5) is 0 Å². The average Bonchev–Trinajstić information content (AvgIpc) is 3.23. The Hall–Kier alpha value is -1.29. The summed E-state index contributed by atoms with van der Waals surface area (Å²) in [4.78, 5) is 16.8. The molecule has 0 aromatic carbocycles. The minimum absolute atomic E-state index is 0.0441. The van der Waals surface area contributed by atoms with Crippen molar-refractivity contribution in [1.29, 1.82) is 0 Å². The van der Waals surface area contributed by atoms with Crippen molar-refractivity contribution in [2.45, 2.75) is 31.7 Å². The molecule has 20 heavy (non-hydrogen) atoms. The van der Waals surface area contributed by atoms with Gasteiger partial charge in [-0.3, -0.25) is 9.69 Å². The number of furan rings is 1. The molecule has 0 radical (unpaired) electrons. The number of piperazine rings is 1. The number of hydrogen-bond donors (Lipinski definition) is 0. The van der Waals surface area contributed by atoms with Gasteiger partial charge in [-0.25, -0.2) is 0 Å². The molecule has 2 saturated carbocycles. The van der Waals surface area contributed by atoms with Crippen LogP contribution in [0.5, 0.6) is 0 Å². The first kappa shape index (κ1) is 12.5. The summed E-state index contributed by atoms with van der Waals surface area (Å²) in [5.41, 5.74) is 0. The van der Waals surface area contributed by atoms with Gasteiger partial charge < -0.3 is 9.32 Å². The zero-order valence-corrected chi connectivity index (χ0v) is 11.8. The fourth-order valence-corrected chi connectivity index (χ4v) is 4.47. The predicted octanol–water partition coefficient (Wildman–Crippen LogP) is 2.23. The van der Waals surface area contributed by atoms with E-state index >= 15 is 0 Å². The zero-order chi connectivity index (χ0) is 13.5. The van der Waals surface area contributed by atoms with Gasteiger partial charge in [-0.1, -0.05) is 6.42 Å². The largest absolute Gasteiger partial charge is 0.459 e. The third-order valence-electron chi connectivity index (χ3n) is 5.50. The molecule has 2 bridgehead atoms. The lowest BCUT2D eigenvalue weighted by Crippen LogP contribution is -2.53. The first-order valence-electron chi connectivity index (χ1n) is 7.88. The average molecular weight is 274 g/mol. The minimum Gasteiger partial charge on any atom is -0.459 e. The van der Waals surface area contributed by atoms with Gasteiger partial charge in [0.25, 0.3) is 5.91 Å². The highest BCUT2D eigenvalue weighted by Crippen LogP contribution is 2.46. The maximum Gasteiger partial charge on any atom is 0.289 e. The Labute approximate surface area is 119 Å². The molecule has 4 nitrogen and oxygen atoms in total. The molecule has 1 aliphatic heterocycles. The molecule has 2 aliphatic carbocycles. The van der Waals surface area contributed by atoms with Crippen molar-refractivity contribution >= 4 is 5.91 Å². The van der Waals surface area contributed by atoms with Crippen molar-refractivity contribution in [1.82, 2.24) is 9.80 Å². The van der Waals surface area contributed by atoms with Crippen LogP contribution in [0.3, 0.4) is 0 Å². The van der Waals surface area contributed by atoms with Crippen molar-refractivity contribution in [3.05, 3.63) is 24.2 Å². The Balaban J connectivity index is 1.35. The van der Waals surface area contributed by atoms with Gasteiger partial charge >= 0.3 is 0 Å². The van der Waals surface area contributed by atoms with E-state index in [-0.39, 0.29) is 5.91 Å². The summed E-state index contributed by atoms with van der Waals surface area (Å²) in [5, 5.41) is 0. The molecule has 4 rings (SSSR count). The quantitative estimate of drug-likeness (QED) is 0.830. The monoisotopic (exact) mass is 274 g/mol. The van der Waals surface area contributed by atoms with E-state index in [1.807, 2.05) is 4.90 Å². The van der Waals surface area contributed by atoms with E-state index in [4.69, 9.17) is 4.42 Å². The topological polar surface area (TPSA) is 36.7 Å². The van der Waals surface area contributed by atoms with Gasteiger partial charge in [0.05, 0.1) is 6.26 Å². The molecule has 1 aromatic rings. The second-order valence-corrected chi connectivity index (χ2v) is 6.55. The lowest BCUT2D eigenvalue weighted by molar-refractivity contribution is 0.0471. The van der Waals surface area contributed by atoms with E-state index in [9.17, 15) is 4.79 Å². The van der Waals surface area contributed by atoms with Gasteiger partial charge in [-0.2, -0.15) is 0 Å². The number of rotatable bonds is 2. The molecule has 0 unspecified atom stereocenters. The van der Waals surface area contributed by atoms with E-state index in [2.05, 4.69) is 4.90 Å². The van der Waals surface area contributed by atoms with Crippen LogP contribution < -0.4 is 0 Å². The van der Waals surface area contributed by atoms with Crippen LogP contribution in [0.15, 0.2) is 22.8 Å². The highest BCUT2D eigenvalue weighted by Gasteiger charge is 2.43. The maximum absolute atomic E-state index is 12.2. The fraction of sp³-hybridized carbons (Fsp3) is 0.688. The summed E-state index contributed by atoms with van der Waals surface area (Å²) in [7, 11) is 0. The van der Waals surface area contributed by atoms with E-state index in [1.54, 1.807) is 18.4 Å². The third kappa shape index (κ3) is 2.06. The van der Waals surface area contributed by atoms with Crippen molar-refractivity contribution in [3.63, 3.8) is 0 Å². The number of carbonyl (C=O) groups is 1. The normalized spacial score (nSPS) is 33.8. The Morgan fingerprint density at radius 2 is 2.00 bits per heavy atom. The van der Waals surface area contributed by atoms with Gasteiger partial charge in [0, 0.05) is 32.2 Å². The third-order valence-corrected chi connectivity index (χ3v) is 5.50. The molecule has 3 aliphatic rings. The molecule has 4 heteroatoms. The van der Waals surface area contributed by atoms with Crippen molar-refractivity contribution < 1.29 is 9.21 Å². The van der Waals surface area contributed by atoms with Crippen LogP contribution in [0.25, 0.3) is 0 Å². The summed E-state index contributed by atoms with van der Waals surface area (Å²) >= 11 is 0. The molecule has 0 N–H and O–H groups in total. The summed E-state index contributed by atoms with van der Waals surface area (Å²) < 4.78 is 5.21. The van der Waals surface area contributed by atoms with Crippen LogP contribution in [-0.4, -0.2) is 47.9 Å². The highest BCUT2D eigenvalue weighted by atomic mass is 16.3. The molecule has 3 atom stereocenters. The first-order chi connectivity index (χ1) is 9.81.